The van der Waals surface area contributed by atoms with E-state index in [1.807, 2.05) is 0 Å². The third-order valence-corrected chi connectivity index (χ3v) is 7.61. The van der Waals surface area contributed by atoms with Crippen LogP contribution in [-0.4, -0.2) is 11.4 Å². The van der Waals surface area contributed by atoms with Gasteiger partial charge in [-0.2, -0.15) is 0 Å². The first-order valence-electron chi connectivity index (χ1n) is 9.15. The molecular formula is C20H31NO. The molecule has 0 bridgehead atoms. The fraction of sp³-hybridized carbons (Fsp3) is 0.850. The molecule has 4 aliphatic rings. The Balaban J connectivity index is 1.99. The molecule has 122 valence electrons. The number of carbonyl (C=O) groups excluding carboxylic acids is 1. The van der Waals surface area contributed by atoms with Crippen molar-refractivity contribution >= 4 is 5.91 Å². The minimum Gasteiger partial charge on any atom is -0.350 e. The highest BCUT2D eigenvalue weighted by atomic mass is 16.1. The first-order valence-corrected chi connectivity index (χ1v) is 9.15. The summed E-state index contributed by atoms with van der Waals surface area (Å²) in [7, 11) is 0. The van der Waals surface area contributed by atoms with E-state index in [9.17, 15) is 4.79 Å². The van der Waals surface area contributed by atoms with Crippen LogP contribution in [-0.2, 0) is 4.79 Å². The number of rotatable bonds is 0. The van der Waals surface area contributed by atoms with E-state index >= 15 is 0 Å². The lowest BCUT2D eigenvalue weighted by atomic mass is 9.50. The van der Waals surface area contributed by atoms with Crippen LogP contribution in [0, 0.1) is 22.2 Å². The lowest BCUT2D eigenvalue weighted by molar-refractivity contribution is -0.125. The molecule has 0 aromatic carbocycles. The van der Waals surface area contributed by atoms with Crippen LogP contribution in [0.5, 0.6) is 0 Å². The number of hydrogen-bond donors (Lipinski definition) is 1. The fourth-order valence-corrected chi connectivity index (χ4v) is 7.18. The zero-order chi connectivity index (χ0) is 16.0. The number of carbonyl (C=O) groups is 1. The van der Waals surface area contributed by atoms with E-state index < -0.39 is 0 Å². The first kappa shape index (κ1) is 14.8. The summed E-state index contributed by atoms with van der Waals surface area (Å²) in [5.41, 5.74) is 4.13. The number of hydrogen-bond acceptors (Lipinski definition) is 1. The maximum absolute atomic E-state index is 12.7. The summed E-state index contributed by atoms with van der Waals surface area (Å²) < 4.78 is 0. The molecule has 1 amide bonds. The topological polar surface area (TPSA) is 29.1 Å². The molecule has 3 aliphatic carbocycles. The van der Waals surface area contributed by atoms with Gasteiger partial charge in [-0.25, -0.2) is 0 Å². The summed E-state index contributed by atoms with van der Waals surface area (Å²) in [4.78, 5) is 12.7. The summed E-state index contributed by atoms with van der Waals surface area (Å²) in [6, 6.07) is 0. The second-order valence-corrected chi connectivity index (χ2v) is 10.1. The molecule has 0 aromatic heterocycles. The fourth-order valence-electron chi connectivity index (χ4n) is 7.18. The Morgan fingerprint density at radius 1 is 1.05 bits per heavy atom. The van der Waals surface area contributed by atoms with Crippen molar-refractivity contribution in [2.45, 2.75) is 85.1 Å². The Kier molecular flexibility index (Phi) is 2.68. The van der Waals surface area contributed by atoms with Crippen molar-refractivity contribution < 1.29 is 4.79 Å². The molecular weight excluding hydrogens is 270 g/mol. The van der Waals surface area contributed by atoms with Gasteiger partial charge in [-0.1, -0.05) is 45.3 Å². The molecule has 4 atom stereocenters. The first-order chi connectivity index (χ1) is 10.1. The highest BCUT2D eigenvalue weighted by Crippen LogP contribution is 2.68. The van der Waals surface area contributed by atoms with E-state index in [1.165, 1.54) is 25.7 Å². The number of amides is 1. The van der Waals surface area contributed by atoms with E-state index in [0.29, 0.717) is 17.8 Å². The predicted octanol–water partition coefficient (Wildman–Crippen LogP) is 4.60. The van der Waals surface area contributed by atoms with Crippen molar-refractivity contribution in [2.24, 2.45) is 22.2 Å². The molecule has 0 unspecified atom stereocenters. The molecule has 1 aliphatic heterocycles. The summed E-state index contributed by atoms with van der Waals surface area (Å²) >= 11 is 0. The van der Waals surface area contributed by atoms with Crippen LogP contribution in [0.15, 0.2) is 11.1 Å². The van der Waals surface area contributed by atoms with Gasteiger partial charge in [0.15, 0.2) is 0 Å². The maximum atomic E-state index is 12.7. The predicted molar refractivity (Wildman–Crippen MR) is 89.4 cm³/mol. The van der Waals surface area contributed by atoms with Crippen molar-refractivity contribution in [3.05, 3.63) is 11.1 Å². The molecule has 2 fully saturated rings. The zero-order valence-electron chi connectivity index (χ0n) is 14.9. The monoisotopic (exact) mass is 301 g/mol. The smallest absolute Gasteiger partial charge is 0.221 e. The minimum atomic E-state index is -0.0245. The van der Waals surface area contributed by atoms with E-state index in [0.717, 1.165) is 12.8 Å². The normalized spacial score (nSPS) is 49.5. The Morgan fingerprint density at radius 3 is 2.50 bits per heavy atom. The van der Waals surface area contributed by atoms with Crippen LogP contribution in [0.3, 0.4) is 0 Å². The lowest BCUT2D eigenvalue weighted by Crippen LogP contribution is -2.58. The Hall–Kier alpha value is -0.790. The Morgan fingerprint density at radius 2 is 1.77 bits per heavy atom. The van der Waals surface area contributed by atoms with Crippen molar-refractivity contribution in [3.8, 4) is 0 Å². The van der Waals surface area contributed by atoms with Crippen LogP contribution in [0.2, 0.25) is 0 Å². The third kappa shape index (κ3) is 1.70. The SMILES string of the molecule is CC1(C)C[C@@]2(C)CC(=O)N[C@]3(C)CCC[C@@]4(C)CCC1=C2[C@H]43. The van der Waals surface area contributed by atoms with E-state index in [2.05, 4.69) is 39.9 Å². The molecule has 1 heterocycles. The van der Waals surface area contributed by atoms with Crippen LogP contribution in [0.4, 0.5) is 0 Å². The molecule has 2 heteroatoms. The molecule has 2 nitrogen and oxygen atoms in total. The van der Waals surface area contributed by atoms with Crippen molar-refractivity contribution in [3.63, 3.8) is 0 Å². The summed E-state index contributed by atoms with van der Waals surface area (Å²) in [6.07, 6.45) is 8.14. The van der Waals surface area contributed by atoms with E-state index in [-0.39, 0.29) is 22.3 Å². The quantitative estimate of drug-likeness (QED) is 0.651. The average molecular weight is 301 g/mol. The number of allylic oxidation sites excluding steroid dienone is 1. The third-order valence-electron chi connectivity index (χ3n) is 7.61. The molecule has 0 spiro atoms. The average Bonchev–Trinajstić information content (AvgIpc) is 2.48. The Labute approximate surface area is 135 Å². The highest BCUT2D eigenvalue weighted by Gasteiger charge is 2.62. The van der Waals surface area contributed by atoms with Crippen LogP contribution in [0.25, 0.3) is 0 Å². The molecule has 0 radical (unpaired) electrons. The molecule has 22 heavy (non-hydrogen) atoms. The number of nitrogens with one attached hydrogen (secondary N) is 1. The van der Waals surface area contributed by atoms with Gasteiger partial charge >= 0.3 is 0 Å². The second-order valence-electron chi connectivity index (χ2n) is 10.1. The van der Waals surface area contributed by atoms with Crippen LogP contribution < -0.4 is 5.32 Å². The molecule has 4 rings (SSSR count). The van der Waals surface area contributed by atoms with Crippen molar-refractivity contribution in [1.29, 1.82) is 0 Å². The van der Waals surface area contributed by atoms with Gasteiger partial charge in [0.05, 0.1) is 0 Å². The summed E-state index contributed by atoms with van der Waals surface area (Å²) in [5.74, 6) is 0.837. The molecule has 1 saturated heterocycles. The van der Waals surface area contributed by atoms with Gasteiger partial charge in [-0.3, -0.25) is 4.79 Å². The largest absolute Gasteiger partial charge is 0.350 e. The second kappa shape index (κ2) is 3.99. The van der Waals surface area contributed by atoms with Gasteiger partial charge in [0, 0.05) is 17.9 Å². The van der Waals surface area contributed by atoms with Gasteiger partial charge in [-0.15, -0.1) is 0 Å². The highest BCUT2D eigenvalue weighted by molar-refractivity contribution is 5.79. The minimum absolute atomic E-state index is 0.0245. The van der Waals surface area contributed by atoms with Crippen LogP contribution >= 0.6 is 0 Å². The summed E-state index contributed by atoms with van der Waals surface area (Å²) in [5, 5.41) is 3.48. The lowest BCUT2D eigenvalue weighted by Gasteiger charge is -2.56. The van der Waals surface area contributed by atoms with Gasteiger partial charge in [-0.05, 0) is 55.3 Å². The van der Waals surface area contributed by atoms with Crippen LogP contribution in [0.1, 0.15) is 79.6 Å². The molecule has 0 aromatic rings. The van der Waals surface area contributed by atoms with Gasteiger partial charge in [0.2, 0.25) is 5.91 Å². The molecule has 1 N–H and O–H groups in total. The standard InChI is InChI=1S/C20H31NO/c1-17(2)12-19(4)11-14(22)21-20(5)9-6-8-18(3)10-7-13(17)15(19)16(18)20/h16H,6-12H2,1-5H3,(H,21,22)/t16-,18+,19-,20-/m1/s1. The van der Waals surface area contributed by atoms with Gasteiger partial charge in [0.1, 0.15) is 0 Å². The molecule has 1 saturated carbocycles. The van der Waals surface area contributed by atoms with E-state index in [1.54, 1.807) is 11.1 Å². The van der Waals surface area contributed by atoms with Crippen molar-refractivity contribution in [2.75, 3.05) is 0 Å². The van der Waals surface area contributed by atoms with E-state index in [4.69, 9.17) is 0 Å². The zero-order valence-corrected chi connectivity index (χ0v) is 14.9. The maximum Gasteiger partial charge on any atom is 0.221 e. The summed E-state index contributed by atoms with van der Waals surface area (Å²) in [6.45, 7) is 12.0. The van der Waals surface area contributed by atoms with Gasteiger partial charge in [0.25, 0.3) is 0 Å². The van der Waals surface area contributed by atoms with Gasteiger partial charge < -0.3 is 5.32 Å². The van der Waals surface area contributed by atoms with Crippen molar-refractivity contribution in [1.82, 2.24) is 5.32 Å². The Bertz CT molecular complexity index is 589.